The summed E-state index contributed by atoms with van der Waals surface area (Å²) >= 11 is 9.16. The number of carbonyl (C=O) groups excluding carboxylic acids is 2. The SMILES string of the molecule is NC(=O)CCN(C(=O)COc1ccc(Cl)cc1Br)c1ccc(F)cc1. The molecule has 0 heterocycles. The van der Waals surface area contributed by atoms with Crippen molar-refractivity contribution in [1.29, 1.82) is 0 Å². The highest BCUT2D eigenvalue weighted by molar-refractivity contribution is 9.10. The van der Waals surface area contributed by atoms with Crippen molar-refractivity contribution in [2.24, 2.45) is 5.73 Å². The van der Waals surface area contributed by atoms with Crippen molar-refractivity contribution in [3.63, 3.8) is 0 Å². The van der Waals surface area contributed by atoms with E-state index in [0.717, 1.165) is 0 Å². The summed E-state index contributed by atoms with van der Waals surface area (Å²) in [6, 6.07) is 10.3. The van der Waals surface area contributed by atoms with Crippen LogP contribution in [0.3, 0.4) is 0 Å². The van der Waals surface area contributed by atoms with E-state index < -0.39 is 17.6 Å². The summed E-state index contributed by atoms with van der Waals surface area (Å²) in [7, 11) is 0. The Balaban J connectivity index is 2.11. The second kappa shape index (κ2) is 8.82. The van der Waals surface area contributed by atoms with Crippen molar-refractivity contribution in [3.05, 3.63) is 57.8 Å². The van der Waals surface area contributed by atoms with E-state index in [0.29, 0.717) is 20.9 Å². The van der Waals surface area contributed by atoms with Gasteiger partial charge in [0.25, 0.3) is 5.91 Å². The fourth-order valence-electron chi connectivity index (χ4n) is 2.05. The Morgan fingerprint density at radius 1 is 1.20 bits per heavy atom. The topological polar surface area (TPSA) is 72.6 Å². The van der Waals surface area contributed by atoms with Crippen LogP contribution < -0.4 is 15.4 Å². The zero-order valence-corrected chi connectivity index (χ0v) is 15.4. The quantitative estimate of drug-likeness (QED) is 0.732. The number of nitrogens with two attached hydrogens (primary N) is 1. The molecule has 2 N–H and O–H groups in total. The van der Waals surface area contributed by atoms with Gasteiger partial charge in [0, 0.05) is 23.7 Å². The minimum atomic E-state index is -0.540. The van der Waals surface area contributed by atoms with E-state index >= 15 is 0 Å². The molecule has 2 aromatic rings. The Hall–Kier alpha value is -2.12. The highest BCUT2D eigenvalue weighted by Crippen LogP contribution is 2.28. The normalized spacial score (nSPS) is 10.4. The molecule has 2 aromatic carbocycles. The van der Waals surface area contributed by atoms with E-state index in [2.05, 4.69) is 15.9 Å². The molecular formula is C17H15BrClFN2O3. The lowest BCUT2D eigenvalue weighted by atomic mass is 10.2. The molecule has 0 radical (unpaired) electrons. The summed E-state index contributed by atoms with van der Waals surface area (Å²) in [6.45, 7) is -0.193. The van der Waals surface area contributed by atoms with Gasteiger partial charge >= 0.3 is 0 Å². The molecule has 0 unspecified atom stereocenters. The number of primary amides is 1. The lowest BCUT2D eigenvalue weighted by molar-refractivity contribution is -0.120. The Labute approximate surface area is 157 Å². The predicted octanol–water partition coefficient (Wildman–Crippen LogP) is 3.53. The number of hydrogen-bond donors (Lipinski definition) is 1. The first-order chi connectivity index (χ1) is 11.9. The van der Waals surface area contributed by atoms with Crippen molar-refractivity contribution in [1.82, 2.24) is 0 Å². The van der Waals surface area contributed by atoms with Crippen molar-refractivity contribution < 1.29 is 18.7 Å². The molecule has 0 spiro atoms. The molecule has 0 saturated carbocycles. The Morgan fingerprint density at radius 3 is 2.48 bits per heavy atom. The standard InChI is InChI=1S/C17H15BrClFN2O3/c18-14-9-11(19)1-6-15(14)25-10-17(24)22(8-7-16(21)23)13-4-2-12(20)3-5-13/h1-6,9H,7-8,10H2,(H2,21,23). The first-order valence-electron chi connectivity index (χ1n) is 7.29. The second-order valence-corrected chi connectivity index (χ2v) is 6.39. The van der Waals surface area contributed by atoms with Crippen LogP contribution in [0.4, 0.5) is 10.1 Å². The average Bonchev–Trinajstić information content (AvgIpc) is 2.55. The van der Waals surface area contributed by atoms with E-state index in [9.17, 15) is 14.0 Å². The Bertz CT molecular complexity index is 771. The number of rotatable bonds is 7. The van der Waals surface area contributed by atoms with Crippen LogP contribution >= 0.6 is 27.5 Å². The summed E-state index contributed by atoms with van der Waals surface area (Å²) in [5.74, 6) is -0.907. The van der Waals surface area contributed by atoms with E-state index in [1.165, 1.54) is 29.2 Å². The summed E-state index contributed by atoms with van der Waals surface area (Å²) in [6.07, 6.45) is -0.0201. The first-order valence-corrected chi connectivity index (χ1v) is 8.46. The van der Waals surface area contributed by atoms with Crippen molar-refractivity contribution in [3.8, 4) is 5.75 Å². The third-order valence-electron chi connectivity index (χ3n) is 3.27. The first kappa shape index (κ1) is 19.2. The fourth-order valence-corrected chi connectivity index (χ4v) is 2.85. The van der Waals surface area contributed by atoms with Crippen LogP contribution in [0, 0.1) is 5.82 Å². The van der Waals surface area contributed by atoms with Crippen LogP contribution in [0.2, 0.25) is 5.02 Å². The van der Waals surface area contributed by atoms with E-state index in [-0.39, 0.29) is 19.6 Å². The van der Waals surface area contributed by atoms with Crippen LogP contribution in [0.5, 0.6) is 5.75 Å². The summed E-state index contributed by atoms with van der Waals surface area (Å²) in [5.41, 5.74) is 5.61. The molecule has 132 valence electrons. The van der Waals surface area contributed by atoms with Gasteiger partial charge in [0.15, 0.2) is 6.61 Å². The molecule has 0 aliphatic heterocycles. The summed E-state index contributed by atoms with van der Waals surface area (Å²) in [5, 5.41) is 0.528. The maximum absolute atomic E-state index is 13.1. The number of amides is 2. The number of ether oxygens (including phenoxy) is 1. The summed E-state index contributed by atoms with van der Waals surface area (Å²) in [4.78, 5) is 24.9. The maximum Gasteiger partial charge on any atom is 0.264 e. The van der Waals surface area contributed by atoms with Gasteiger partial charge in [-0.05, 0) is 58.4 Å². The van der Waals surface area contributed by atoms with Gasteiger partial charge < -0.3 is 15.4 Å². The molecule has 8 heteroatoms. The fraction of sp³-hybridized carbons (Fsp3) is 0.176. The smallest absolute Gasteiger partial charge is 0.264 e. The minimum Gasteiger partial charge on any atom is -0.483 e. The van der Waals surface area contributed by atoms with E-state index in [4.69, 9.17) is 22.1 Å². The number of halogens is 3. The highest BCUT2D eigenvalue weighted by atomic mass is 79.9. The van der Waals surface area contributed by atoms with Gasteiger partial charge in [0.2, 0.25) is 5.91 Å². The van der Waals surface area contributed by atoms with Gasteiger partial charge in [-0.25, -0.2) is 4.39 Å². The molecule has 2 rings (SSSR count). The van der Waals surface area contributed by atoms with Gasteiger partial charge in [-0.2, -0.15) is 0 Å². The van der Waals surface area contributed by atoms with Gasteiger partial charge in [0.05, 0.1) is 4.47 Å². The van der Waals surface area contributed by atoms with Crippen LogP contribution in [-0.4, -0.2) is 25.0 Å². The van der Waals surface area contributed by atoms with Crippen LogP contribution in [0.1, 0.15) is 6.42 Å². The van der Waals surface area contributed by atoms with Gasteiger partial charge in [-0.1, -0.05) is 11.6 Å². The zero-order valence-electron chi connectivity index (χ0n) is 13.0. The van der Waals surface area contributed by atoms with Crippen molar-refractivity contribution >= 4 is 45.0 Å². The van der Waals surface area contributed by atoms with Gasteiger partial charge in [-0.3, -0.25) is 9.59 Å². The van der Waals surface area contributed by atoms with E-state index in [1.54, 1.807) is 18.2 Å². The molecule has 25 heavy (non-hydrogen) atoms. The third kappa shape index (κ3) is 5.72. The molecule has 0 atom stereocenters. The number of nitrogens with zero attached hydrogens (tertiary/aromatic N) is 1. The van der Waals surface area contributed by atoms with Gasteiger partial charge in [0.1, 0.15) is 11.6 Å². The zero-order chi connectivity index (χ0) is 18.4. The van der Waals surface area contributed by atoms with Crippen molar-refractivity contribution in [2.75, 3.05) is 18.1 Å². The molecule has 0 saturated heterocycles. The average molecular weight is 430 g/mol. The molecular weight excluding hydrogens is 415 g/mol. The largest absolute Gasteiger partial charge is 0.483 e. The number of anilines is 1. The predicted molar refractivity (Wildman–Crippen MR) is 97.2 cm³/mol. The Kier molecular flexibility index (Phi) is 6.78. The molecule has 0 aliphatic carbocycles. The second-order valence-electron chi connectivity index (χ2n) is 5.10. The third-order valence-corrected chi connectivity index (χ3v) is 4.12. The minimum absolute atomic E-state index is 0.0201. The number of carbonyl (C=O) groups is 2. The summed E-state index contributed by atoms with van der Waals surface area (Å²) < 4.78 is 19.2. The lowest BCUT2D eigenvalue weighted by Gasteiger charge is -2.22. The maximum atomic E-state index is 13.1. The molecule has 5 nitrogen and oxygen atoms in total. The van der Waals surface area contributed by atoms with Crippen LogP contribution in [-0.2, 0) is 9.59 Å². The Morgan fingerprint density at radius 2 is 1.88 bits per heavy atom. The van der Waals surface area contributed by atoms with E-state index in [1.807, 2.05) is 0 Å². The molecule has 0 aliphatic rings. The van der Waals surface area contributed by atoms with Crippen LogP contribution in [0.15, 0.2) is 46.9 Å². The molecule has 0 bridgehead atoms. The number of benzene rings is 2. The highest BCUT2D eigenvalue weighted by Gasteiger charge is 2.18. The monoisotopic (exact) mass is 428 g/mol. The molecule has 0 aromatic heterocycles. The van der Waals surface area contributed by atoms with Gasteiger partial charge in [-0.15, -0.1) is 0 Å². The van der Waals surface area contributed by atoms with Crippen molar-refractivity contribution in [2.45, 2.75) is 6.42 Å². The number of hydrogen-bond acceptors (Lipinski definition) is 3. The van der Waals surface area contributed by atoms with Crippen LogP contribution in [0.25, 0.3) is 0 Å². The lowest BCUT2D eigenvalue weighted by Crippen LogP contribution is -2.37. The molecule has 0 fully saturated rings. The molecule has 2 amide bonds.